The molecule has 0 saturated carbocycles. The summed E-state index contributed by atoms with van der Waals surface area (Å²) in [7, 11) is 0. The standard InChI is InChI=1S/C10H12I2O2/c1-10(2,3)14-9-5-6(11)8(13)4-7(9)12/h4-5,13H,1-3H3. The Hall–Kier alpha value is 0.280. The molecule has 0 fully saturated rings. The van der Waals surface area contributed by atoms with Crippen molar-refractivity contribution in [2.45, 2.75) is 26.4 Å². The first-order valence-electron chi connectivity index (χ1n) is 4.16. The van der Waals surface area contributed by atoms with Gasteiger partial charge < -0.3 is 9.84 Å². The zero-order valence-corrected chi connectivity index (χ0v) is 12.6. The second-order valence-electron chi connectivity index (χ2n) is 3.95. The molecule has 4 heteroatoms. The normalized spacial score (nSPS) is 11.5. The number of benzene rings is 1. The fraction of sp³-hybridized carbons (Fsp3) is 0.400. The summed E-state index contributed by atoms with van der Waals surface area (Å²) in [5.41, 5.74) is -0.208. The molecule has 2 nitrogen and oxygen atoms in total. The molecule has 1 aromatic carbocycles. The molecular weight excluding hydrogens is 406 g/mol. The second kappa shape index (κ2) is 4.42. The van der Waals surface area contributed by atoms with Gasteiger partial charge in [0.15, 0.2) is 0 Å². The zero-order chi connectivity index (χ0) is 10.9. The van der Waals surface area contributed by atoms with Crippen molar-refractivity contribution >= 4 is 45.2 Å². The van der Waals surface area contributed by atoms with Crippen LogP contribution >= 0.6 is 45.2 Å². The number of rotatable bonds is 1. The molecule has 0 heterocycles. The maximum absolute atomic E-state index is 9.46. The van der Waals surface area contributed by atoms with Crippen molar-refractivity contribution in [1.82, 2.24) is 0 Å². The van der Waals surface area contributed by atoms with Crippen LogP contribution < -0.4 is 4.74 Å². The van der Waals surface area contributed by atoms with Crippen LogP contribution in [-0.2, 0) is 0 Å². The monoisotopic (exact) mass is 418 g/mol. The van der Waals surface area contributed by atoms with Crippen LogP contribution in [0.2, 0.25) is 0 Å². The van der Waals surface area contributed by atoms with Gasteiger partial charge >= 0.3 is 0 Å². The lowest BCUT2D eigenvalue weighted by Gasteiger charge is -2.22. The minimum absolute atomic E-state index is 0.208. The van der Waals surface area contributed by atoms with Crippen molar-refractivity contribution in [1.29, 1.82) is 0 Å². The minimum Gasteiger partial charge on any atom is -0.507 e. The third-order valence-electron chi connectivity index (χ3n) is 1.42. The Balaban J connectivity index is 3.04. The number of phenols is 1. The first kappa shape index (κ1) is 12.4. The smallest absolute Gasteiger partial charge is 0.134 e. The summed E-state index contributed by atoms with van der Waals surface area (Å²) in [6.45, 7) is 6.01. The van der Waals surface area contributed by atoms with E-state index in [-0.39, 0.29) is 5.60 Å². The summed E-state index contributed by atoms with van der Waals surface area (Å²) in [6, 6.07) is 3.56. The number of ether oxygens (including phenoxy) is 1. The number of aromatic hydroxyl groups is 1. The van der Waals surface area contributed by atoms with Crippen molar-refractivity contribution in [3.63, 3.8) is 0 Å². The van der Waals surface area contributed by atoms with E-state index in [4.69, 9.17) is 4.74 Å². The second-order valence-corrected chi connectivity index (χ2v) is 6.27. The molecule has 0 aromatic heterocycles. The molecule has 0 spiro atoms. The van der Waals surface area contributed by atoms with Crippen molar-refractivity contribution < 1.29 is 9.84 Å². The van der Waals surface area contributed by atoms with Crippen molar-refractivity contribution in [2.75, 3.05) is 0 Å². The Morgan fingerprint density at radius 3 is 2.21 bits per heavy atom. The molecule has 1 rings (SSSR count). The number of hydrogen-bond acceptors (Lipinski definition) is 2. The molecule has 0 amide bonds. The molecule has 0 aliphatic rings. The van der Waals surface area contributed by atoms with Gasteiger partial charge in [-0.25, -0.2) is 0 Å². The fourth-order valence-corrected chi connectivity index (χ4v) is 1.93. The average Bonchev–Trinajstić information content (AvgIpc) is 1.97. The van der Waals surface area contributed by atoms with Gasteiger partial charge in [0.2, 0.25) is 0 Å². The maximum atomic E-state index is 9.46. The van der Waals surface area contributed by atoms with Gasteiger partial charge in [0.05, 0.1) is 7.14 Å². The largest absolute Gasteiger partial charge is 0.507 e. The quantitative estimate of drug-likeness (QED) is 0.704. The zero-order valence-electron chi connectivity index (χ0n) is 8.27. The molecule has 0 aliphatic heterocycles. The van der Waals surface area contributed by atoms with Crippen LogP contribution in [0.3, 0.4) is 0 Å². The van der Waals surface area contributed by atoms with Gasteiger partial charge in [-0.2, -0.15) is 0 Å². The van der Waals surface area contributed by atoms with Crippen LogP contribution in [-0.4, -0.2) is 10.7 Å². The predicted molar refractivity (Wildman–Crippen MR) is 73.9 cm³/mol. The summed E-state index contributed by atoms with van der Waals surface area (Å²) in [5, 5.41) is 9.46. The third-order valence-corrected chi connectivity index (χ3v) is 3.12. The Labute approximate surface area is 111 Å². The highest BCUT2D eigenvalue weighted by Gasteiger charge is 2.15. The van der Waals surface area contributed by atoms with Gasteiger partial charge in [-0.1, -0.05) is 0 Å². The molecule has 78 valence electrons. The number of halogens is 2. The van der Waals surface area contributed by atoms with Gasteiger partial charge in [0, 0.05) is 0 Å². The molecule has 0 bridgehead atoms. The van der Waals surface area contributed by atoms with Crippen LogP contribution in [0.1, 0.15) is 20.8 Å². The van der Waals surface area contributed by atoms with Gasteiger partial charge in [0.1, 0.15) is 17.1 Å². The molecular formula is C10H12I2O2. The highest BCUT2D eigenvalue weighted by Crippen LogP contribution is 2.32. The first-order valence-corrected chi connectivity index (χ1v) is 6.32. The molecule has 14 heavy (non-hydrogen) atoms. The lowest BCUT2D eigenvalue weighted by Crippen LogP contribution is -2.23. The van der Waals surface area contributed by atoms with Crippen molar-refractivity contribution in [2.24, 2.45) is 0 Å². The van der Waals surface area contributed by atoms with Crippen molar-refractivity contribution in [3.8, 4) is 11.5 Å². The lowest BCUT2D eigenvalue weighted by atomic mass is 10.2. The summed E-state index contributed by atoms with van der Waals surface area (Å²) in [4.78, 5) is 0. The topological polar surface area (TPSA) is 29.5 Å². The Kier molecular flexibility index (Phi) is 3.90. The van der Waals surface area contributed by atoms with Crippen LogP contribution in [0.25, 0.3) is 0 Å². The van der Waals surface area contributed by atoms with E-state index in [0.29, 0.717) is 5.75 Å². The van der Waals surface area contributed by atoms with E-state index >= 15 is 0 Å². The lowest BCUT2D eigenvalue weighted by molar-refractivity contribution is 0.129. The molecule has 0 atom stereocenters. The molecule has 0 radical (unpaired) electrons. The van der Waals surface area contributed by atoms with Crippen molar-refractivity contribution in [3.05, 3.63) is 19.3 Å². The molecule has 1 N–H and O–H groups in total. The Morgan fingerprint density at radius 2 is 1.71 bits per heavy atom. The van der Waals surface area contributed by atoms with E-state index in [2.05, 4.69) is 45.2 Å². The Bertz CT molecular complexity index is 343. The van der Waals surface area contributed by atoms with Gasteiger partial charge in [-0.05, 0) is 78.1 Å². The van der Waals surface area contributed by atoms with Crippen LogP contribution in [0.5, 0.6) is 11.5 Å². The van der Waals surface area contributed by atoms with E-state index in [1.165, 1.54) is 0 Å². The predicted octanol–water partition coefficient (Wildman–Crippen LogP) is 3.78. The number of phenolic OH excluding ortho intramolecular Hbond substituents is 1. The third kappa shape index (κ3) is 3.45. The molecule has 1 aromatic rings. The summed E-state index contributed by atoms with van der Waals surface area (Å²) >= 11 is 4.24. The van der Waals surface area contributed by atoms with Gasteiger partial charge in [-0.3, -0.25) is 0 Å². The van der Waals surface area contributed by atoms with E-state index in [9.17, 15) is 5.11 Å². The molecule has 0 unspecified atom stereocenters. The van der Waals surface area contributed by atoms with E-state index in [0.717, 1.165) is 12.9 Å². The summed E-state index contributed by atoms with van der Waals surface area (Å²) in [5.74, 6) is 1.12. The molecule has 0 aliphatic carbocycles. The van der Waals surface area contributed by atoms with Crippen LogP contribution in [0.15, 0.2) is 12.1 Å². The van der Waals surface area contributed by atoms with Crippen LogP contribution in [0, 0.1) is 7.14 Å². The highest BCUT2D eigenvalue weighted by molar-refractivity contribution is 14.1. The first-order chi connectivity index (χ1) is 6.29. The number of hydrogen-bond donors (Lipinski definition) is 1. The van der Waals surface area contributed by atoms with E-state index in [1.54, 1.807) is 6.07 Å². The molecule has 0 saturated heterocycles. The van der Waals surface area contributed by atoms with Gasteiger partial charge in [0.25, 0.3) is 0 Å². The van der Waals surface area contributed by atoms with E-state index in [1.807, 2.05) is 26.8 Å². The minimum atomic E-state index is -0.208. The Morgan fingerprint density at radius 1 is 1.14 bits per heavy atom. The van der Waals surface area contributed by atoms with Gasteiger partial charge in [-0.15, -0.1) is 0 Å². The fourth-order valence-electron chi connectivity index (χ4n) is 0.926. The highest BCUT2D eigenvalue weighted by atomic mass is 127. The summed E-state index contributed by atoms with van der Waals surface area (Å²) < 4.78 is 7.48. The average molecular weight is 418 g/mol. The van der Waals surface area contributed by atoms with E-state index < -0.39 is 0 Å². The van der Waals surface area contributed by atoms with Crippen LogP contribution in [0.4, 0.5) is 0 Å². The summed E-state index contributed by atoms with van der Waals surface area (Å²) in [6.07, 6.45) is 0. The SMILES string of the molecule is CC(C)(C)Oc1cc(I)c(O)cc1I. The maximum Gasteiger partial charge on any atom is 0.134 e.